The molecule has 0 radical (unpaired) electrons. The Morgan fingerprint density at radius 3 is 2.97 bits per heavy atom. The van der Waals surface area contributed by atoms with E-state index >= 15 is 0 Å². The highest BCUT2D eigenvalue weighted by atomic mass is 32.1. The lowest BCUT2D eigenvalue weighted by molar-refractivity contribution is 0.0858. The van der Waals surface area contributed by atoms with E-state index in [9.17, 15) is 9.59 Å². The summed E-state index contributed by atoms with van der Waals surface area (Å²) in [4.78, 5) is 33.5. The fourth-order valence-corrected chi connectivity index (χ4v) is 4.76. The maximum Gasteiger partial charge on any atom is 0.260 e. The second-order valence-corrected chi connectivity index (χ2v) is 8.42. The molecule has 0 saturated carbocycles. The van der Waals surface area contributed by atoms with Crippen molar-refractivity contribution in [1.29, 1.82) is 0 Å². The van der Waals surface area contributed by atoms with Gasteiger partial charge in [-0.1, -0.05) is 12.1 Å². The fourth-order valence-electron chi connectivity index (χ4n) is 3.81. The van der Waals surface area contributed by atoms with Gasteiger partial charge in [0, 0.05) is 29.8 Å². The van der Waals surface area contributed by atoms with E-state index in [1.165, 1.54) is 11.3 Å². The minimum Gasteiger partial charge on any atom is -0.464 e. The van der Waals surface area contributed by atoms with Crippen LogP contribution in [-0.4, -0.2) is 35.1 Å². The summed E-state index contributed by atoms with van der Waals surface area (Å²) in [5.41, 5.74) is 1.71. The molecule has 9 heteroatoms. The number of H-pyrrole nitrogens is 1. The number of rotatable bonds is 7. The molecule has 5 rings (SSSR count). The number of ether oxygens (including phenoxy) is 1. The number of hydrogen-bond donors (Lipinski definition) is 3. The van der Waals surface area contributed by atoms with E-state index in [0.717, 1.165) is 25.0 Å². The number of carbonyl (C=O) groups excluding carboxylic acids is 1. The minimum atomic E-state index is -0.220. The first-order valence-corrected chi connectivity index (χ1v) is 11.3. The van der Waals surface area contributed by atoms with E-state index in [4.69, 9.17) is 9.15 Å². The second-order valence-electron chi connectivity index (χ2n) is 7.56. The van der Waals surface area contributed by atoms with Crippen LogP contribution in [0.2, 0.25) is 0 Å². The Hall–Kier alpha value is -3.43. The zero-order valence-electron chi connectivity index (χ0n) is 17.2. The monoisotopic (exact) mass is 450 g/mol. The molecule has 8 nitrogen and oxygen atoms in total. The van der Waals surface area contributed by atoms with Gasteiger partial charge in [0.15, 0.2) is 0 Å². The van der Waals surface area contributed by atoms with Crippen molar-refractivity contribution in [1.82, 2.24) is 15.3 Å². The topological polar surface area (TPSA) is 109 Å². The Morgan fingerprint density at radius 1 is 1.25 bits per heavy atom. The number of furan rings is 1. The average molecular weight is 451 g/mol. The van der Waals surface area contributed by atoms with Crippen molar-refractivity contribution in [3.8, 4) is 11.3 Å². The first-order chi connectivity index (χ1) is 15.7. The van der Waals surface area contributed by atoms with Crippen molar-refractivity contribution in [3.05, 3.63) is 69.8 Å². The smallest absolute Gasteiger partial charge is 0.260 e. The molecule has 1 aromatic carbocycles. The normalized spacial score (nSPS) is 15.8. The van der Waals surface area contributed by atoms with Gasteiger partial charge in [0.2, 0.25) is 0 Å². The van der Waals surface area contributed by atoms with Crippen LogP contribution in [0, 0.1) is 0 Å². The van der Waals surface area contributed by atoms with Crippen molar-refractivity contribution < 1.29 is 13.9 Å². The zero-order chi connectivity index (χ0) is 21.9. The molecule has 0 spiro atoms. The molecule has 1 unspecified atom stereocenters. The van der Waals surface area contributed by atoms with Crippen LogP contribution in [-0.2, 0) is 11.3 Å². The van der Waals surface area contributed by atoms with Gasteiger partial charge >= 0.3 is 0 Å². The molecule has 1 saturated heterocycles. The standard InChI is InChI=1S/C23H22N4O4S/c28-21(25-11-14-5-3-9-30-14)15-6-1-2-7-17(15)24-12-19-26-22(29)20-16(13-32-23(20)27-19)18-8-4-10-31-18/h1-2,4,6-8,10,13-14,24H,3,5,9,11-12H2,(H,25,28)(H,26,27,29). The van der Waals surface area contributed by atoms with Crippen LogP contribution in [0.1, 0.15) is 29.0 Å². The van der Waals surface area contributed by atoms with Crippen molar-refractivity contribution in [2.24, 2.45) is 0 Å². The first-order valence-electron chi connectivity index (χ1n) is 10.5. The molecule has 32 heavy (non-hydrogen) atoms. The quantitative estimate of drug-likeness (QED) is 0.396. The van der Waals surface area contributed by atoms with Crippen LogP contribution in [0.5, 0.6) is 0 Å². The number of fused-ring (bicyclic) bond motifs is 1. The van der Waals surface area contributed by atoms with Gasteiger partial charge < -0.3 is 24.8 Å². The van der Waals surface area contributed by atoms with Crippen LogP contribution in [0.15, 0.2) is 57.3 Å². The number of benzene rings is 1. The number of anilines is 1. The van der Waals surface area contributed by atoms with Gasteiger partial charge in [-0.3, -0.25) is 9.59 Å². The first kappa shape index (κ1) is 20.5. The number of carbonyl (C=O) groups is 1. The fraction of sp³-hybridized carbons (Fsp3) is 0.261. The molecule has 1 aliphatic heterocycles. The Bertz CT molecular complexity index is 1290. The van der Waals surface area contributed by atoms with Crippen LogP contribution in [0.3, 0.4) is 0 Å². The summed E-state index contributed by atoms with van der Waals surface area (Å²) in [6, 6.07) is 10.9. The van der Waals surface area contributed by atoms with Crippen LogP contribution in [0.4, 0.5) is 5.69 Å². The van der Waals surface area contributed by atoms with E-state index in [0.29, 0.717) is 39.6 Å². The maximum atomic E-state index is 12.7. The summed E-state index contributed by atoms with van der Waals surface area (Å²) in [5, 5.41) is 8.56. The SMILES string of the molecule is O=C(NCC1CCCO1)c1ccccc1NCc1nc2scc(-c3ccco3)c2c(=O)[nH]1. The summed E-state index contributed by atoms with van der Waals surface area (Å²) in [6.07, 6.45) is 3.65. The van der Waals surface area contributed by atoms with Crippen molar-refractivity contribution in [2.75, 3.05) is 18.5 Å². The molecule has 0 aliphatic carbocycles. The summed E-state index contributed by atoms with van der Waals surface area (Å²) in [7, 11) is 0. The summed E-state index contributed by atoms with van der Waals surface area (Å²) < 4.78 is 11.0. The number of amides is 1. The molecule has 4 aromatic rings. The number of aromatic nitrogens is 2. The lowest BCUT2D eigenvalue weighted by Crippen LogP contribution is -2.32. The number of para-hydroxylation sites is 1. The third-order valence-corrected chi connectivity index (χ3v) is 6.28. The number of hydrogen-bond acceptors (Lipinski definition) is 7. The minimum absolute atomic E-state index is 0.0805. The molecular formula is C23H22N4O4S. The summed E-state index contributed by atoms with van der Waals surface area (Å²) in [5.74, 6) is 0.962. The Labute approximate surface area is 187 Å². The van der Waals surface area contributed by atoms with Gasteiger partial charge in [-0.15, -0.1) is 11.3 Å². The van der Waals surface area contributed by atoms with Gasteiger partial charge in [0.25, 0.3) is 11.5 Å². The van der Waals surface area contributed by atoms with Crippen LogP contribution >= 0.6 is 11.3 Å². The lowest BCUT2D eigenvalue weighted by atomic mass is 10.1. The average Bonchev–Trinajstić information content (AvgIpc) is 3.57. The highest BCUT2D eigenvalue weighted by molar-refractivity contribution is 7.17. The van der Waals surface area contributed by atoms with Gasteiger partial charge in [0.1, 0.15) is 16.4 Å². The van der Waals surface area contributed by atoms with Crippen molar-refractivity contribution in [3.63, 3.8) is 0 Å². The lowest BCUT2D eigenvalue weighted by Gasteiger charge is -2.14. The van der Waals surface area contributed by atoms with E-state index < -0.39 is 0 Å². The molecule has 164 valence electrons. The molecule has 1 fully saturated rings. The summed E-state index contributed by atoms with van der Waals surface area (Å²) >= 11 is 1.39. The highest BCUT2D eigenvalue weighted by Gasteiger charge is 2.18. The predicted octanol–water partition coefficient (Wildman–Crippen LogP) is 3.77. The van der Waals surface area contributed by atoms with E-state index in [1.807, 2.05) is 29.6 Å². The molecule has 1 amide bonds. The molecule has 4 heterocycles. The Kier molecular flexibility index (Phi) is 5.74. The maximum absolute atomic E-state index is 12.7. The molecule has 1 aliphatic rings. The summed E-state index contributed by atoms with van der Waals surface area (Å²) in [6.45, 7) is 1.52. The Balaban J connectivity index is 1.31. The molecule has 0 bridgehead atoms. The van der Waals surface area contributed by atoms with Crippen molar-refractivity contribution in [2.45, 2.75) is 25.5 Å². The number of nitrogens with zero attached hydrogens (tertiary/aromatic N) is 1. The van der Waals surface area contributed by atoms with Crippen molar-refractivity contribution >= 4 is 33.1 Å². The largest absolute Gasteiger partial charge is 0.464 e. The van der Waals surface area contributed by atoms with E-state index in [1.54, 1.807) is 18.4 Å². The zero-order valence-corrected chi connectivity index (χ0v) is 18.0. The molecule has 3 N–H and O–H groups in total. The molecule has 1 atom stereocenters. The third kappa shape index (κ3) is 4.17. The molecule has 3 aromatic heterocycles. The van der Waals surface area contributed by atoms with Gasteiger partial charge in [-0.25, -0.2) is 4.98 Å². The third-order valence-electron chi connectivity index (χ3n) is 5.41. The second kappa shape index (κ2) is 8.97. The predicted molar refractivity (Wildman–Crippen MR) is 123 cm³/mol. The highest BCUT2D eigenvalue weighted by Crippen LogP contribution is 2.30. The van der Waals surface area contributed by atoms with Crippen LogP contribution < -0.4 is 16.2 Å². The van der Waals surface area contributed by atoms with E-state index in [2.05, 4.69) is 20.6 Å². The van der Waals surface area contributed by atoms with Crippen LogP contribution in [0.25, 0.3) is 21.5 Å². The number of aromatic amines is 1. The molecular weight excluding hydrogens is 428 g/mol. The Morgan fingerprint density at radius 2 is 2.16 bits per heavy atom. The number of nitrogens with one attached hydrogen (secondary N) is 3. The van der Waals surface area contributed by atoms with E-state index in [-0.39, 0.29) is 24.1 Å². The van der Waals surface area contributed by atoms with Gasteiger partial charge in [-0.05, 0) is 37.1 Å². The number of thiophene rings is 1. The van der Waals surface area contributed by atoms with Gasteiger partial charge in [0.05, 0.1) is 29.9 Å². The van der Waals surface area contributed by atoms with Gasteiger partial charge in [-0.2, -0.15) is 0 Å².